The van der Waals surface area contributed by atoms with Gasteiger partial charge < -0.3 is 15.1 Å². The lowest BCUT2D eigenvalue weighted by Crippen LogP contribution is -2.36. The molecule has 0 saturated carbocycles. The van der Waals surface area contributed by atoms with E-state index in [9.17, 15) is 9.59 Å². The number of carbonyl (C=O) groups excluding carboxylic acids is 2. The number of halogens is 2. The molecule has 3 heterocycles. The second-order valence-electron chi connectivity index (χ2n) is 7.52. The fraction of sp³-hybridized carbons (Fsp3) is 0.429. The second kappa shape index (κ2) is 8.94. The van der Waals surface area contributed by atoms with Crippen LogP contribution in [0.1, 0.15) is 41.8 Å². The van der Waals surface area contributed by atoms with Crippen molar-refractivity contribution in [3.63, 3.8) is 0 Å². The summed E-state index contributed by atoms with van der Waals surface area (Å²) in [6.45, 7) is 2.47. The summed E-state index contributed by atoms with van der Waals surface area (Å²) in [6.07, 6.45) is 5.16. The van der Waals surface area contributed by atoms with Crippen LogP contribution >= 0.6 is 34.5 Å². The molecule has 5 nitrogen and oxygen atoms in total. The van der Waals surface area contributed by atoms with E-state index in [2.05, 4.69) is 10.2 Å². The van der Waals surface area contributed by atoms with Crippen molar-refractivity contribution in [2.75, 3.05) is 29.4 Å². The van der Waals surface area contributed by atoms with E-state index >= 15 is 0 Å². The predicted molar refractivity (Wildman–Crippen MR) is 120 cm³/mol. The highest BCUT2D eigenvalue weighted by Crippen LogP contribution is 2.33. The lowest BCUT2D eigenvalue weighted by atomic mass is 10.2. The number of benzene rings is 1. The molecule has 2 amide bonds. The third-order valence-electron chi connectivity index (χ3n) is 5.45. The van der Waals surface area contributed by atoms with E-state index in [1.165, 1.54) is 37.0 Å². The number of anilines is 2. The van der Waals surface area contributed by atoms with Crippen molar-refractivity contribution in [1.29, 1.82) is 0 Å². The van der Waals surface area contributed by atoms with Gasteiger partial charge in [-0.3, -0.25) is 9.59 Å². The summed E-state index contributed by atoms with van der Waals surface area (Å²) in [5.41, 5.74) is 1.80. The van der Waals surface area contributed by atoms with E-state index in [-0.39, 0.29) is 24.3 Å². The zero-order valence-electron chi connectivity index (χ0n) is 16.0. The van der Waals surface area contributed by atoms with Crippen LogP contribution < -0.4 is 15.1 Å². The molecule has 0 spiro atoms. The molecule has 0 bridgehead atoms. The second-order valence-corrected chi connectivity index (χ2v) is 9.64. The summed E-state index contributed by atoms with van der Waals surface area (Å²) in [5.74, 6) is -0.214. The van der Waals surface area contributed by atoms with E-state index in [1.807, 2.05) is 18.2 Å². The smallest absolute Gasteiger partial charge is 0.261 e. The van der Waals surface area contributed by atoms with E-state index in [4.69, 9.17) is 23.2 Å². The van der Waals surface area contributed by atoms with Gasteiger partial charge in [0.25, 0.3) is 5.91 Å². The fourth-order valence-electron chi connectivity index (χ4n) is 3.98. The van der Waals surface area contributed by atoms with Crippen LogP contribution in [0.15, 0.2) is 30.3 Å². The maximum Gasteiger partial charge on any atom is 0.261 e. The topological polar surface area (TPSA) is 52.7 Å². The van der Waals surface area contributed by atoms with Gasteiger partial charge in [0.2, 0.25) is 5.91 Å². The SMILES string of the molecule is O=C(NC1CC(=O)N(c2ccc(N3CCCCCC3)c(Cl)c2)C1)c1ccc(Cl)s1. The van der Waals surface area contributed by atoms with Gasteiger partial charge in [-0.1, -0.05) is 36.0 Å². The molecule has 2 aliphatic heterocycles. The molecule has 2 aliphatic rings. The first-order valence-electron chi connectivity index (χ1n) is 9.92. The molecule has 0 aliphatic carbocycles. The molecule has 29 heavy (non-hydrogen) atoms. The van der Waals surface area contributed by atoms with E-state index in [0.29, 0.717) is 20.8 Å². The van der Waals surface area contributed by atoms with Crippen molar-refractivity contribution in [1.82, 2.24) is 5.32 Å². The van der Waals surface area contributed by atoms with E-state index < -0.39 is 0 Å². The molecule has 2 fully saturated rings. The average molecular weight is 452 g/mol. The van der Waals surface area contributed by atoms with Crippen molar-refractivity contribution in [3.05, 3.63) is 44.6 Å². The highest BCUT2D eigenvalue weighted by molar-refractivity contribution is 7.18. The number of nitrogens with one attached hydrogen (secondary N) is 1. The lowest BCUT2D eigenvalue weighted by molar-refractivity contribution is -0.117. The molecule has 154 valence electrons. The summed E-state index contributed by atoms with van der Waals surface area (Å²) in [6, 6.07) is 8.98. The standard InChI is InChI=1S/C21H23Cl2N3O2S/c22-16-12-15(5-6-17(16)25-9-3-1-2-4-10-25)26-13-14(11-20(26)27)24-21(28)18-7-8-19(23)29-18/h5-8,12,14H,1-4,9-11,13H2,(H,24,28). The van der Waals surface area contributed by atoms with Gasteiger partial charge in [0.15, 0.2) is 0 Å². The number of hydrogen-bond donors (Lipinski definition) is 1. The van der Waals surface area contributed by atoms with Crippen LogP contribution in [0.4, 0.5) is 11.4 Å². The Labute approximate surface area is 184 Å². The zero-order valence-corrected chi connectivity index (χ0v) is 18.3. The number of nitrogens with zero attached hydrogens (tertiary/aromatic N) is 2. The Kier molecular flexibility index (Phi) is 6.32. The van der Waals surface area contributed by atoms with E-state index in [0.717, 1.165) is 24.5 Å². The fourth-order valence-corrected chi connectivity index (χ4v) is 5.22. The molecular formula is C21H23Cl2N3O2S. The maximum atomic E-state index is 12.6. The molecule has 2 aromatic rings. The van der Waals surface area contributed by atoms with Crippen LogP contribution in [0.5, 0.6) is 0 Å². The van der Waals surface area contributed by atoms with Gasteiger partial charge in [-0.15, -0.1) is 11.3 Å². The normalized spacial score (nSPS) is 20.1. The number of rotatable bonds is 4. The Balaban J connectivity index is 1.43. The summed E-state index contributed by atoms with van der Waals surface area (Å²) >= 11 is 13.7. The Morgan fingerprint density at radius 1 is 1.07 bits per heavy atom. The minimum atomic E-state index is -0.236. The zero-order chi connectivity index (χ0) is 20.4. The van der Waals surface area contributed by atoms with Crippen molar-refractivity contribution in [2.45, 2.75) is 38.1 Å². The molecule has 2 saturated heterocycles. The largest absolute Gasteiger partial charge is 0.370 e. The quantitative estimate of drug-likeness (QED) is 0.713. The Bertz CT molecular complexity index is 909. The van der Waals surface area contributed by atoms with Gasteiger partial charge in [0.05, 0.1) is 26.0 Å². The molecule has 1 atom stereocenters. The minimum absolute atomic E-state index is 0.0156. The molecule has 4 rings (SSSR count). The van der Waals surface area contributed by atoms with Crippen LogP contribution in [0.2, 0.25) is 9.36 Å². The van der Waals surface area contributed by atoms with Gasteiger partial charge >= 0.3 is 0 Å². The minimum Gasteiger partial charge on any atom is -0.370 e. The van der Waals surface area contributed by atoms with E-state index in [1.54, 1.807) is 17.0 Å². The van der Waals surface area contributed by atoms with Gasteiger partial charge in [0, 0.05) is 31.7 Å². The summed E-state index contributed by atoms with van der Waals surface area (Å²) in [4.78, 5) is 29.5. The van der Waals surface area contributed by atoms with Crippen molar-refractivity contribution in [3.8, 4) is 0 Å². The Hall–Kier alpha value is -1.76. The first kappa shape index (κ1) is 20.5. The number of amides is 2. The van der Waals surface area contributed by atoms with Gasteiger partial charge in [-0.2, -0.15) is 0 Å². The Morgan fingerprint density at radius 2 is 1.83 bits per heavy atom. The van der Waals surface area contributed by atoms with Crippen LogP contribution in [0.25, 0.3) is 0 Å². The van der Waals surface area contributed by atoms with Crippen molar-refractivity contribution in [2.24, 2.45) is 0 Å². The molecule has 1 aromatic carbocycles. The third kappa shape index (κ3) is 4.71. The van der Waals surface area contributed by atoms with Gasteiger partial charge in [-0.25, -0.2) is 0 Å². The third-order valence-corrected chi connectivity index (χ3v) is 6.98. The maximum absolute atomic E-state index is 12.6. The van der Waals surface area contributed by atoms with Crippen LogP contribution in [0, 0.1) is 0 Å². The molecular weight excluding hydrogens is 429 g/mol. The first-order chi connectivity index (χ1) is 14.0. The van der Waals surface area contributed by atoms with Crippen molar-refractivity contribution >= 4 is 57.7 Å². The summed E-state index contributed by atoms with van der Waals surface area (Å²) < 4.78 is 0.568. The summed E-state index contributed by atoms with van der Waals surface area (Å²) in [7, 11) is 0. The number of carbonyl (C=O) groups is 2. The van der Waals surface area contributed by atoms with Crippen LogP contribution in [0.3, 0.4) is 0 Å². The highest BCUT2D eigenvalue weighted by atomic mass is 35.5. The monoisotopic (exact) mass is 451 g/mol. The first-order valence-corrected chi connectivity index (χ1v) is 11.5. The summed E-state index contributed by atoms with van der Waals surface area (Å²) in [5, 5.41) is 3.60. The lowest BCUT2D eigenvalue weighted by Gasteiger charge is -2.25. The average Bonchev–Trinajstić information content (AvgIpc) is 3.17. The number of thiophene rings is 1. The predicted octanol–water partition coefficient (Wildman–Crippen LogP) is 4.97. The van der Waals surface area contributed by atoms with Gasteiger partial charge in [-0.05, 0) is 43.2 Å². The van der Waals surface area contributed by atoms with Crippen LogP contribution in [-0.4, -0.2) is 37.5 Å². The van der Waals surface area contributed by atoms with Crippen molar-refractivity contribution < 1.29 is 9.59 Å². The molecule has 1 aromatic heterocycles. The molecule has 1 unspecified atom stereocenters. The van der Waals surface area contributed by atoms with Crippen LogP contribution in [-0.2, 0) is 4.79 Å². The molecule has 0 radical (unpaired) electrons. The molecule has 1 N–H and O–H groups in total. The van der Waals surface area contributed by atoms with Gasteiger partial charge in [0.1, 0.15) is 0 Å². The molecule has 8 heteroatoms. The Morgan fingerprint density at radius 3 is 2.48 bits per heavy atom. The highest BCUT2D eigenvalue weighted by Gasteiger charge is 2.32. The number of hydrogen-bond acceptors (Lipinski definition) is 4.